The minimum absolute atomic E-state index is 0.0244. The first-order valence-electron chi connectivity index (χ1n) is 18.0. The quantitative estimate of drug-likeness (QED) is 0.191. The van der Waals surface area contributed by atoms with Gasteiger partial charge in [-0.05, 0) is 97.1 Å². The minimum atomic E-state index is -0.892. The van der Waals surface area contributed by atoms with E-state index in [4.69, 9.17) is 4.74 Å². The molecule has 0 aliphatic heterocycles. The van der Waals surface area contributed by atoms with Gasteiger partial charge in [-0.25, -0.2) is 8.78 Å². The first-order valence-corrected chi connectivity index (χ1v) is 18.0. The molecule has 5 rings (SSSR count). The second-order valence-corrected chi connectivity index (χ2v) is 13.8. The van der Waals surface area contributed by atoms with Crippen LogP contribution in [0.3, 0.4) is 0 Å². The summed E-state index contributed by atoms with van der Waals surface area (Å²) in [6.45, 7) is 4.82. The zero-order valence-electron chi connectivity index (χ0n) is 27.6. The summed E-state index contributed by atoms with van der Waals surface area (Å²) in [6, 6.07) is 12.9. The van der Waals surface area contributed by atoms with Gasteiger partial charge in [-0.3, -0.25) is 0 Å². The number of benzene rings is 2. The van der Waals surface area contributed by atoms with Crippen molar-refractivity contribution in [1.29, 1.82) is 0 Å². The molecule has 0 saturated heterocycles. The van der Waals surface area contributed by atoms with Crippen LogP contribution >= 0.6 is 0 Å². The number of hydrogen-bond donors (Lipinski definition) is 0. The maximum absolute atomic E-state index is 15.4. The molecule has 2 unspecified atom stereocenters. The molecule has 3 aliphatic rings. The zero-order chi connectivity index (χ0) is 31.6. The summed E-state index contributed by atoms with van der Waals surface area (Å²) in [6.07, 6.45) is 22.6. The van der Waals surface area contributed by atoms with Crippen LogP contribution in [0.5, 0.6) is 0 Å². The molecule has 4 heteroatoms. The van der Waals surface area contributed by atoms with Crippen molar-refractivity contribution in [2.75, 3.05) is 6.61 Å². The number of allylic oxidation sites excluding steroid dienone is 5. The van der Waals surface area contributed by atoms with Gasteiger partial charge in [0.1, 0.15) is 11.6 Å². The molecule has 244 valence electrons. The van der Waals surface area contributed by atoms with Crippen molar-refractivity contribution in [3.63, 3.8) is 0 Å². The normalized spacial score (nSPS) is 23.9. The van der Waals surface area contributed by atoms with E-state index in [2.05, 4.69) is 19.9 Å². The molecule has 0 aromatic heterocycles. The molecule has 1 saturated carbocycles. The van der Waals surface area contributed by atoms with Gasteiger partial charge in [0.25, 0.3) is 0 Å². The average molecular weight is 619 g/mol. The van der Waals surface area contributed by atoms with E-state index in [9.17, 15) is 4.39 Å². The van der Waals surface area contributed by atoms with Crippen molar-refractivity contribution in [1.82, 2.24) is 0 Å². The summed E-state index contributed by atoms with van der Waals surface area (Å²) in [5.41, 5.74) is 4.21. The lowest BCUT2D eigenvalue weighted by molar-refractivity contribution is 0.187. The van der Waals surface area contributed by atoms with Gasteiger partial charge < -0.3 is 4.74 Å². The van der Waals surface area contributed by atoms with Crippen molar-refractivity contribution in [3.8, 4) is 11.1 Å². The highest BCUT2D eigenvalue weighted by Gasteiger charge is 2.30. The Labute approximate surface area is 270 Å². The van der Waals surface area contributed by atoms with Crippen LogP contribution in [0.4, 0.5) is 13.2 Å². The fraction of sp³-hybridized carbons (Fsp3) is 0.561. The van der Waals surface area contributed by atoms with Crippen LogP contribution in [0.2, 0.25) is 0 Å². The standard InChI is InChI=1S/C41H53F3O/c1-3-5-7-9-27-45-39-26-25-37(40(43)41(39)44)34-21-17-32(18-22-34)35-23-24-36(38(42)28-35)33-19-15-31(16-20-33)30-13-11-29(12-14-30)10-8-6-4-2/h17-19,21-24,26,28-31,37H,3-16,20,25,27H2,1-2H3. The molecule has 2 aromatic rings. The van der Waals surface area contributed by atoms with Gasteiger partial charge in [-0.1, -0.05) is 114 Å². The van der Waals surface area contributed by atoms with E-state index in [1.165, 1.54) is 51.4 Å². The average Bonchev–Trinajstić information content (AvgIpc) is 3.07. The Kier molecular flexibility index (Phi) is 12.5. The van der Waals surface area contributed by atoms with E-state index in [0.29, 0.717) is 24.2 Å². The monoisotopic (exact) mass is 618 g/mol. The van der Waals surface area contributed by atoms with Gasteiger partial charge >= 0.3 is 0 Å². The van der Waals surface area contributed by atoms with Gasteiger partial charge in [0.05, 0.1) is 6.61 Å². The highest BCUT2D eigenvalue weighted by molar-refractivity contribution is 5.71. The SMILES string of the molecule is CCCCCCOC1=CCC(c2ccc(-c3ccc(C4=CCC(C5CCC(CCCCC)CC5)CC4)c(F)c3)cc2)C(F)=C1F. The van der Waals surface area contributed by atoms with Crippen molar-refractivity contribution in [2.45, 2.75) is 122 Å². The molecule has 0 heterocycles. The Bertz CT molecular complexity index is 1330. The van der Waals surface area contributed by atoms with Crippen molar-refractivity contribution in [3.05, 3.63) is 89.0 Å². The summed E-state index contributed by atoms with van der Waals surface area (Å²) in [5.74, 6) is 0.0123. The molecule has 2 atom stereocenters. The lowest BCUT2D eigenvalue weighted by Gasteiger charge is -2.35. The van der Waals surface area contributed by atoms with Gasteiger partial charge in [-0.15, -0.1) is 0 Å². The number of halogens is 3. The largest absolute Gasteiger partial charge is 0.491 e. The fourth-order valence-corrected chi connectivity index (χ4v) is 7.83. The van der Waals surface area contributed by atoms with Crippen molar-refractivity contribution < 1.29 is 17.9 Å². The number of unbranched alkanes of at least 4 members (excludes halogenated alkanes) is 5. The summed E-state index contributed by atoms with van der Waals surface area (Å²) < 4.78 is 50.8. The van der Waals surface area contributed by atoms with Crippen LogP contribution in [0.1, 0.15) is 134 Å². The van der Waals surface area contributed by atoms with Crippen LogP contribution < -0.4 is 0 Å². The molecule has 1 fully saturated rings. The highest BCUT2D eigenvalue weighted by Crippen LogP contribution is 2.43. The predicted octanol–water partition coefficient (Wildman–Crippen LogP) is 13.2. The third-order valence-electron chi connectivity index (χ3n) is 10.7. The molecular weight excluding hydrogens is 565 g/mol. The summed E-state index contributed by atoms with van der Waals surface area (Å²) in [4.78, 5) is 0. The van der Waals surface area contributed by atoms with E-state index >= 15 is 8.78 Å². The van der Waals surface area contributed by atoms with Crippen LogP contribution in [0.25, 0.3) is 16.7 Å². The molecule has 0 spiro atoms. The minimum Gasteiger partial charge on any atom is -0.491 e. The third-order valence-corrected chi connectivity index (χ3v) is 10.7. The van der Waals surface area contributed by atoms with E-state index in [1.807, 2.05) is 36.4 Å². The third kappa shape index (κ3) is 8.74. The lowest BCUT2D eigenvalue weighted by atomic mass is 9.70. The maximum atomic E-state index is 15.4. The van der Waals surface area contributed by atoms with E-state index in [-0.39, 0.29) is 11.6 Å². The van der Waals surface area contributed by atoms with Gasteiger partial charge in [0.15, 0.2) is 11.6 Å². The van der Waals surface area contributed by atoms with E-state index in [1.54, 1.807) is 12.1 Å². The molecule has 2 aromatic carbocycles. The van der Waals surface area contributed by atoms with Crippen LogP contribution in [-0.4, -0.2) is 6.61 Å². The summed E-state index contributed by atoms with van der Waals surface area (Å²) in [7, 11) is 0. The Hall–Kier alpha value is -2.75. The molecule has 0 amide bonds. The molecule has 3 aliphatic carbocycles. The van der Waals surface area contributed by atoms with Gasteiger partial charge in [0, 0.05) is 11.5 Å². The Balaban J connectivity index is 1.15. The first kappa shape index (κ1) is 33.6. The molecule has 0 radical (unpaired) electrons. The lowest BCUT2D eigenvalue weighted by Crippen LogP contribution is -2.23. The molecule has 0 N–H and O–H groups in total. The maximum Gasteiger partial charge on any atom is 0.196 e. The zero-order valence-corrected chi connectivity index (χ0v) is 27.6. The van der Waals surface area contributed by atoms with Gasteiger partial charge in [0.2, 0.25) is 0 Å². The first-order chi connectivity index (χ1) is 22.0. The van der Waals surface area contributed by atoms with Crippen LogP contribution in [-0.2, 0) is 4.74 Å². The smallest absolute Gasteiger partial charge is 0.196 e. The Morgan fingerprint density at radius 1 is 0.711 bits per heavy atom. The predicted molar refractivity (Wildman–Crippen MR) is 182 cm³/mol. The molecule has 1 nitrogen and oxygen atoms in total. The van der Waals surface area contributed by atoms with Crippen LogP contribution in [0.15, 0.2) is 72.0 Å². The van der Waals surface area contributed by atoms with E-state index in [0.717, 1.165) is 79.4 Å². The summed E-state index contributed by atoms with van der Waals surface area (Å²) >= 11 is 0. The second-order valence-electron chi connectivity index (χ2n) is 13.8. The Morgan fingerprint density at radius 2 is 1.44 bits per heavy atom. The topological polar surface area (TPSA) is 9.23 Å². The summed E-state index contributed by atoms with van der Waals surface area (Å²) in [5, 5.41) is 0. The van der Waals surface area contributed by atoms with E-state index < -0.39 is 17.6 Å². The van der Waals surface area contributed by atoms with Gasteiger partial charge in [-0.2, -0.15) is 4.39 Å². The number of ether oxygens (including phenoxy) is 1. The molecular formula is C41H53F3O. The highest BCUT2D eigenvalue weighted by atomic mass is 19.2. The number of rotatable bonds is 14. The van der Waals surface area contributed by atoms with Crippen LogP contribution in [0, 0.1) is 23.6 Å². The fourth-order valence-electron chi connectivity index (χ4n) is 7.83. The molecule has 0 bridgehead atoms. The Morgan fingerprint density at radius 3 is 2.13 bits per heavy atom. The molecule has 45 heavy (non-hydrogen) atoms. The second kappa shape index (κ2) is 16.7. The van der Waals surface area contributed by atoms with Crippen molar-refractivity contribution >= 4 is 5.57 Å². The van der Waals surface area contributed by atoms with Crippen molar-refractivity contribution in [2.24, 2.45) is 17.8 Å². The number of hydrogen-bond acceptors (Lipinski definition) is 1.